The van der Waals surface area contributed by atoms with E-state index in [-0.39, 0.29) is 39.5 Å². The fourth-order valence-electron chi connectivity index (χ4n) is 1.38. The molecule has 0 heterocycles. The van der Waals surface area contributed by atoms with E-state index in [0.717, 1.165) is 17.2 Å². The summed E-state index contributed by atoms with van der Waals surface area (Å²) in [5.41, 5.74) is 0. The van der Waals surface area contributed by atoms with Gasteiger partial charge in [0.25, 0.3) is 0 Å². The third-order valence-electron chi connectivity index (χ3n) is 2.47. The predicted octanol–water partition coefficient (Wildman–Crippen LogP) is -0.00461. The monoisotopic (exact) mass is 325 g/mol. The number of hydrogen-bond donors (Lipinski definition) is 1. The van der Waals surface area contributed by atoms with Gasteiger partial charge in [0.15, 0.2) is 0 Å². The summed E-state index contributed by atoms with van der Waals surface area (Å²) in [4.78, 5) is 38.3. The van der Waals surface area contributed by atoms with Gasteiger partial charge in [-0.05, 0) is 5.01 Å². The average molecular weight is 325 g/mol. The molecule has 9 heteroatoms. The lowest BCUT2D eigenvalue weighted by atomic mass is 10.5. The van der Waals surface area contributed by atoms with Crippen LogP contribution in [0.3, 0.4) is 0 Å². The number of urea groups is 1. The van der Waals surface area contributed by atoms with Gasteiger partial charge in [-0.1, -0.05) is 13.2 Å². The van der Waals surface area contributed by atoms with Crippen LogP contribution in [0.25, 0.3) is 4.95 Å². The molecule has 0 aliphatic rings. The van der Waals surface area contributed by atoms with Crippen LogP contribution in [0.15, 0.2) is 25.3 Å². The Labute approximate surface area is 134 Å². The quantitative estimate of drug-likeness (QED) is 0.262. The van der Waals surface area contributed by atoms with Gasteiger partial charge >= 0.3 is 18.0 Å². The molecular formula is C14H19N3O6. The van der Waals surface area contributed by atoms with Crippen molar-refractivity contribution in [1.82, 2.24) is 9.91 Å². The van der Waals surface area contributed by atoms with Crippen LogP contribution in [0, 0.1) is 6.57 Å². The van der Waals surface area contributed by atoms with E-state index in [0.29, 0.717) is 0 Å². The van der Waals surface area contributed by atoms with Gasteiger partial charge in [-0.3, -0.25) is 0 Å². The van der Waals surface area contributed by atoms with E-state index in [1.54, 1.807) is 0 Å². The van der Waals surface area contributed by atoms with E-state index in [9.17, 15) is 14.4 Å². The third-order valence-corrected chi connectivity index (χ3v) is 2.47. The third kappa shape index (κ3) is 8.23. The van der Waals surface area contributed by atoms with Crippen molar-refractivity contribution in [2.24, 2.45) is 0 Å². The fraction of sp³-hybridized carbons (Fsp3) is 0.429. The van der Waals surface area contributed by atoms with Crippen LogP contribution in [0.4, 0.5) is 4.79 Å². The van der Waals surface area contributed by atoms with Gasteiger partial charge < -0.3 is 19.5 Å². The highest BCUT2D eigenvalue weighted by atomic mass is 16.5. The van der Waals surface area contributed by atoms with Crippen LogP contribution in [0.5, 0.6) is 0 Å². The molecule has 0 unspecified atom stereocenters. The maximum Gasteiger partial charge on any atom is 0.385 e. The standard InChI is InChI=1S/C14H19N3O6/c1-4-12(19)22-10-7-16(8-11-23-13(20)5-2)14(21)17(15-3)6-9-18/h4-5,18H,1-2,6-11H2. The lowest BCUT2D eigenvalue weighted by Crippen LogP contribution is -2.44. The Morgan fingerprint density at radius 2 is 1.52 bits per heavy atom. The molecule has 0 aromatic rings. The van der Waals surface area contributed by atoms with Crippen molar-refractivity contribution < 1.29 is 29.0 Å². The number of esters is 2. The normalized spacial score (nSPS) is 9.22. The summed E-state index contributed by atoms with van der Waals surface area (Å²) >= 11 is 0. The molecule has 9 nitrogen and oxygen atoms in total. The molecular weight excluding hydrogens is 306 g/mol. The minimum atomic E-state index is -0.696. The van der Waals surface area contributed by atoms with Gasteiger partial charge in [0, 0.05) is 12.2 Å². The Balaban J connectivity index is 4.69. The molecule has 0 radical (unpaired) electrons. The lowest BCUT2D eigenvalue weighted by Gasteiger charge is -2.23. The molecule has 0 bridgehead atoms. The van der Waals surface area contributed by atoms with Crippen LogP contribution in [-0.4, -0.2) is 72.4 Å². The zero-order valence-corrected chi connectivity index (χ0v) is 12.6. The van der Waals surface area contributed by atoms with Crippen LogP contribution >= 0.6 is 0 Å². The molecule has 0 aromatic carbocycles. The largest absolute Gasteiger partial charge is 0.461 e. The molecule has 0 aromatic heterocycles. The minimum absolute atomic E-state index is 0.0124. The zero-order valence-electron chi connectivity index (χ0n) is 12.6. The number of nitrogens with zero attached hydrogens (tertiary/aromatic N) is 3. The van der Waals surface area contributed by atoms with Crippen molar-refractivity contribution in [1.29, 1.82) is 0 Å². The second kappa shape index (κ2) is 11.8. The second-order valence-electron chi connectivity index (χ2n) is 3.96. The van der Waals surface area contributed by atoms with Crippen molar-refractivity contribution in [2.75, 3.05) is 39.5 Å². The highest BCUT2D eigenvalue weighted by molar-refractivity contribution is 5.81. The molecule has 0 aliphatic heterocycles. The summed E-state index contributed by atoms with van der Waals surface area (Å²) in [5, 5.41) is 9.57. The number of hydrogen-bond acceptors (Lipinski definition) is 6. The van der Waals surface area contributed by atoms with Gasteiger partial charge in [-0.15, -0.1) is 0 Å². The first-order valence-corrected chi connectivity index (χ1v) is 6.63. The van der Waals surface area contributed by atoms with Crippen LogP contribution in [0.2, 0.25) is 0 Å². The van der Waals surface area contributed by atoms with Crippen LogP contribution in [-0.2, 0) is 19.1 Å². The molecule has 0 rings (SSSR count). The number of carbonyl (C=O) groups excluding carboxylic acids is 3. The van der Waals surface area contributed by atoms with Gasteiger partial charge in [0.2, 0.25) is 0 Å². The molecule has 0 spiro atoms. The first-order valence-electron chi connectivity index (χ1n) is 6.63. The summed E-state index contributed by atoms with van der Waals surface area (Å²) in [6.45, 7) is 12.6. The van der Waals surface area contributed by atoms with Gasteiger partial charge in [-0.25, -0.2) is 14.4 Å². The Hall–Kier alpha value is -2.86. The molecule has 1 N–H and O–H groups in total. The first-order chi connectivity index (χ1) is 11.0. The van der Waals surface area contributed by atoms with E-state index in [2.05, 4.69) is 18.1 Å². The van der Waals surface area contributed by atoms with Gasteiger partial charge in [0.05, 0.1) is 19.7 Å². The summed E-state index contributed by atoms with van der Waals surface area (Å²) in [6.07, 6.45) is 1.96. The molecule has 0 saturated heterocycles. The van der Waals surface area contributed by atoms with E-state index < -0.39 is 18.0 Å². The fourth-order valence-corrected chi connectivity index (χ4v) is 1.38. The average Bonchev–Trinajstić information content (AvgIpc) is 2.57. The van der Waals surface area contributed by atoms with Crippen molar-refractivity contribution in [3.63, 3.8) is 0 Å². The number of amides is 2. The number of rotatable bonds is 10. The van der Waals surface area contributed by atoms with Gasteiger partial charge in [-0.2, -0.15) is 11.5 Å². The topological polar surface area (TPSA) is 101 Å². The van der Waals surface area contributed by atoms with E-state index in [1.807, 2.05) is 0 Å². The molecule has 0 atom stereocenters. The zero-order chi connectivity index (χ0) is 17.7. The first kappa shape index (κ1) is 20.1. The van der Waals surface area contributed by atoms with Crippen molar-refractivity contribution >= 4 is 18.0 Å². The molecule has 0 saturated carbocycles. The van der Waals surface area contributed by atoms with E-state index in [1.165, 1.54) is 4.90 Å². The Morgan fingerprint density at radius 3 is 1.87 bits per heavy atom. The van der Waals surface area contributed by atoms with Crippen LogP contribution < -0.4 is 0 Å². The highest BCUT2D eigenvalue weighted by Crippen LogP contribution is 2.01. The Bertz CT molecular complexity index is 459. The Kier molecular flexibility index (Phi) is 10.3. The smallest absolute Gasteiger partial charge is 0.385 e. The van der Waals surface area contributed by atoms with Crippen LogP contribution in [0.1, 0.15) is 0 Å². The molecule has 23 heavy (non-hydrogen) atoms. The summed E-state index contributed by atoms with van der Waals surface area (Å²) in [5.74, 6) is -1.29. The second-order valence-corrected chi connectivity index (χ2v) is 3.96. The van der Waals surface area contributed by atoms with E-state index >= 15 is 0 Å². The SMILES string of the molecule is [C-]#[N+]N(CCO)C(=O)N(CCOC(=O)C=C)CCOC(=O)C=C. The highest BCUT2D eigenvalue weighted by Gasteiger charge is 2.25. The van der Waals surface area contributed by atoms with Gasteiger partial charge in [0.1, 0.15) is 19.8 Å². The van der Waals surface area contributed by atoms with E-state index in [4.69, 9.17) is 21.2 Å². The summed E-state index contributed by atoms with van der Waals surface area (Å²) in [6, 6.07) is -0.696. The number of aliphatic hydroxyl groups is 1. The molecule has 2 amide bonds. The molecule has 0 aliphatic carbocycles. The summed E-state index contributed by atoms with van der Waals surface area (Å²) < 4.78 is 9.55. The Morgan fingerprint density at radius 1 is 1.04 bits per heavy atom. The molecule has 0 fully saturated rings. The van der Waals surface area contributed by atoms with Crippen molar-refractivity contribution in [2.45, 2.75) is 0 Å². The number of ether oxygens (including phenoxy) is 2. The summed E-state index contributed by atoms with van der Waals surface area (Å²) in [7, 11) is 0. The van der Waals surface area contributed by atoms with Crippen molar-refractivity contribution in [3.8, 4) is 0 Å². The molecule has 126 valence electrons. The maximum absolute atomic E-state index is 12.2. The minimum Gasteiger partial charge on any atom is -0.461 e. The maximum atomic E-state index is 12.2. The number of aliphatic hydroxyl groups excluding tert-OH is 1. The number of carbonyl (C=O) groups is 3. The van der Waals surface area contributed by atoms with Crippen molar-refractivity contribution in [3.05, 3.63) is 36.8 Å². The predicted molar refractivity (Wildman–Crippen MR) is 79.7 cm³/mol. The lowest BCUT2D eigenvalue weighted by molar-refractivity contribution is -0.138.